The maximum Gasteiger partial charge on any atom is 0.187 e. The van der Waals surface area contributed by atoms with Crippen LogP contribution < -0.4 is 10.6 Å². The molecule has 2 rings (SSSR count). The summed E-state index contributed by atoms with van der Waals surface area (Å²) in [6, 6.07) is 0. The van der Waals surface area contributed by atoms with Crippen molar-refractivity contribution in [2.24, 2.45) is 0 Å². The van der Waals surface area contributed by atoms with E-state index in [2.05, 4.69) is 23.7 Å². The molecule has 1 aliphatic rings. The molecular formula is C9H15N3OS. The Hall–Kier alpha value is -0.810. The summed E-state index contributed by atoms with van der Waals surface area (Å²) in [6.07, 6.45) is 1.71. The SMILES string of the molecule is CC1(C)COCCN1c1ncc(N)s1. The van der Waals surface area contributed by atoms with Gasteiger partial charge in [0.05, 0.1) is 24.9 Å². The predicted molar refractivity (Wildman–Crippen MR) is 58.8 cm³/mol. The number of anilines is 2. The highest BCUT2D eigenvalue weighted by atomic mass is 32.1. The van der Waals surface area contributed by atoms with Crippen LogP contribution in [0.4, 0.5) is 10.1 Å². The Morgan fingerprint density at radius 3 is 3.00 bits per heavy atom. The first kappa shape index (κ1) is 9.73. The van der Waals surface area contributed by atoms with Crippen LogP contribution in [-0.2, 0) is 4.74 Å². The van der Waals surface area contributed by atoms with Crippen LogP contribution in [0.5, 0.6) is 0 Å². The summed E-state index contributed by atoms with van der Waals surface area (Å²) in [7, 11) is 0. The predicted octanol–water partition coefficient (Wildman–Crippen LogP) is 1.34. The third-order valence-corrected chi connectivity index (χ3v) is 3.24. The lowest BCUT2D eigenvalue weighted by atomic mass is 10.0. The molecule has 14 heavy (non-hydrogen) atoms. The first-order chi connectivity index (χ1) is 6.59. The minimum Gasteiger partial charge on any atom is -0.389 e. The van der Waals surface area contributed by atoms with Crippen molar-refractivity contribution >= 4 is 21.5 Å². The van der Waals surface area contributed by atoms with Gasteiger partial charge in [0.2, 0.25) is 0 Å². The average molecular weight is 213 g/mol. The van der Waals surface area contributed by atoms with E-state index in [1.165, 1.54) is 11.3 Å². The van der Waals surface area contributed by atoms with Crippen LogP contribution in [0.2, 0.25) is 0 Å². The van der Waals surface area contributed by atoms with E-state index in [1.807, 2.05) is 0 Å². The summed E-state index contributed by atoms with van der Waals surface area (Å²) in [6.45, 7) is 6.71. The lowest BCUT2D eigenvalue weighted by molar-refractivity contribution is 0.0644. The number of ether oxygens (including phenoxy) is 1. The Morgan fingerprint density at radius 2 is 2.43 bits per heavy atom. The molecule has 0 atom stereocenters. The van der Waals surface area contributed by atoms with E-state index in [-0.39, 0.29) is 5.54 Å². The van der Waals surface area contributed by atoms with Crippen LogP contribution in [0, 0.1) is 0 Å². The topological polar surface area (TPSA) is 51.4 Å². The lowest BCUT2D eigenvalue weighted by Gasteiger charge is -2.41. The van der Waals surface area contributed by atoms with E-state index in [1.54, 1.807) is 6.20 Å². The number of nitrogen functional groups attached to an aromatic ring is 1. The van der Waals surface area contributed by atoms with Crippen molar-refractivity contribution < 1.29 is 4.74 Å². The normalized spacial score (nSPS) is 21.1. The van der Waals surface area contributed by atoms with Crippen LogP contribution in [0.15, 0.2) is 6.20 Å². The van der Waals surface area contributed by atoms with Crippen LogP contribution in [0.3, 0.4) is 0 Å². The number of nitrogens with zero attached hydrogens (tertiary/aromatic N) is 2. The van der Waals surface area contributed by atoms with Gasteiger partial charge in [-0.15, -0.1) is 0 Å². The highest BCUT2D eigenvalue weighted by molar-refractivity contribution is 7.19. The quantitative estimate of drug-likeness (QED) is 0.765. The zero-order chi connectivity index (χ0) is 10.2. The Bertz CT molecular complexity index is 324. The van der Waals surface area contributed by atoms with Gasteiger partial charge in [-0.3, -0.25) is 0 Å². The van der Waals surface area contributed by atoms with Gasteiger partial charge in [0.25, 0.3) is 0 Å². The molecule has 2 N–H and O–H groups in total. The van der Waals surface area contributed by atoms with Gasteiger partial charge >= 0.3 is 0 Å². The Labute approximate surface area is 87.7 Å². The summed E-state index contributed by atoms with van der Waals surface area (Å²) >= 11 is 1.53. The van der Waals surface area contributed by atoms with Gasteiger partial charge in [0, 0.05) is 6.54 Å². The van der Waals surface area contributed by atoms with Gasteiger partial charge in [0.15, 0.2) is 5.13 Å². The minimum atomic E-state index is 0.0164. The number of nitrogens with two attached hydrogens (primary N) is 1. The molecular weight excluding hydrogens is 198 g/mol. The highest BCUT2D eigenvalue weighted by Gasteiger charge is 2.32. The second-order valence-electron chi connectivity index (χ2n) is 4.06. The summed E-state index contributed by atoms with van der Waals surface area (Å²) < 4.78 is 5.45. The van der Waals surface area contributed by atoms with Crippen molar-refractivity contribution in [3.63, 3.8) is 0 Å². The molecule has 0 amide bonds. The Kier molecular flexibility index (Phi) is 2.36. The number of hydrogen-bond donors (Lipinski definition) is 1. The molecule has 0 aromatic carbocycles. The molecule has 5 heteroatoms. The van der Waals surface area contributed by atoms with E-state index in [4.69, 9.17) is 10.5 Å². The Balaban J connectivity index is 2.23. The van der Waals surface area contributed by atoms with Crippen LogP contribution in [0.25, 0.3) is 0 Å². The first-order valence-electron chi connectivity index (χ1n) is 4.66. The number of aromatic nitrogens is 1. The molecule has 1 aromatic heterocycles. The number of hydrogen-bond acceptors (Lipinski definition) is 5. The molecule has 1 fully saturated rings. The van der Waals surface area contributed by atoms with Gasteiger partial charge in [0.1, 0.15) is 5.00 Å². The number of morpholine rings is 1. The Morgan fingerprint density at radius 1 is 1.64 bits per heavy atom. The van der Waals surface area contributed by atoms with Crippen molar-refractivity contribution in [1.82, 2.24) is 4.98 Å². The third kappa shape index (κ3) is 1.69. The maximum absolute atomic E-state index is 5.67. The monoisotopic (exact) mass is 213 g/mol. The fourth-order valence-electron chi connectivity index (χ4n) is 1.61. The van der Waals surface area contributed by atoms with E-state index >= 15 is 0 Å². The zero-order valence-electron chi connectivity index (χ0n) is 8.49. The molecule has 1 aromatic rings. The maximum atomic E-state index is 5.67. The summed E-state index contributed by atoms with van der Waals surface area (Å²) in [5.74, 6) is 0. The molecule has 0 unspecified atom stereocenters. The second kappa shape index (κ2) is 3.40. The molecule has 1 saturated heterocycles. The summed E-state index contributed by atoms with van der Waals surface area (Å²) in [5, 5.41) is 1.76. The molecule has 0 bridgehead atoms. The van der Waals surface area contributed by atoms with Crippen molar-refractivity contribution in [3.05, 3.63) is 6.20 Å². The van der Waals surface area contributed by atoms with E-state index in [0.29, 0.717) is 0 Å². The second-order valence-corrected chi connectivity index (χ2v) is 5.10. The van der Waals surface area contributed by atoms with Crippen molar-refractivity contribution in [1.29, 1.82) is 0 Å². The largest absolute Gasteiger partial charge is 0.389 e. The van der Waals surface area contributed by atoms with Crippen molar-refractivity contribution in [3.8, 4) is 0 Å². The standard InChI is InChI=1S/C9H15N3OS/c1-9(2)6-13-4-3-12(9)8-11-5-7(10)14-8/h5H,3-4,6,10H2,1-2H3. The van der Waals surface area contributed by atoms with Gasteiger partial charge < -0.3 is 15.4 Å². The fraction of sp³-hybridized carbons (Fsp3) is 0.667. The van der Waals surface area contributed by atoms with Crippen LogP contribution >= 0.6 is 11.3 Å². The molecule has 0 saturated carbocycles. The van der Waals surface area contributed by atoms with Crippen LogP contribution in [-0.4, -0.2) is 30.3 Å². The smallest absolute Gasteiger partial charge is 0.187 e. The van der Waals surface area contributed by atoms with Gasteiger partial charge in [-0.2, -0.15) is 0 Å². The third-order valence-electron chi connectivity index (χ3n) is 2.39. The lowest BCUT2D eigenvalue weighted by Crippen LogP contribution is -2.53. The number of thiazole rings is 1. The molecule has 2 heterocycles. The van der Waals surface area contributed by atoms with Gasteiger partial charge in [-0.1, -0.05) is 11.3 Å². The fourth-order valence-corrected chi connectivity index (χ4v) is 2.48. The molecule has 1 aliphatic heterocycles. The van der Waals surface area contributed by atoms with Gasteiger partial charge in [-0.25, -0.2) is 4.98 Å². The summed E-state index contributed by atoms with van der Waals surface area (Å²) in [4.78, 5) is 6.56. The molecule has 0 aliphatic carbocycles. The highest BCUT2D eigenvalue weighted by Crippen LogP contribution is 2.31. The number of rotatable bonds is 1. The van der Waals surface area contributed by atoms with Crippen molar-refractivity contribution in [2.75, 3.05) is 30.4 Å². The molecule has 78 valence electrons. The minimum absolute atomic E-state index is 0.0164. The zero-order valence-corrected chi connectivity index (χ0v) is 9.30. The average Bonchev–Trinajstić information content (AvgIpc) is 2.51. The molecule has 4 nitrogen and oxygen atoms in total. The van der Waals surface area contributed by atoms with E-state index in [0.717, 1.165) is 29.9 Å². The summed E-state index contributed by atoms with van der Waals surface area (Å²) in [5.41, 5.74) is 5.69. The molecule has 0 radical (unpaired) electrons. The van der Waals surface area contributed by atoms with Gasteiger partial charge in [-0.05, 0) is 13.8 Å². The molecule has 0 spiro atoms. The van der Waals surface area contributed by atoms with Crippen molar-refractivity contribution in [2.45, 2.75) is 19.4 Å². The van der Waals surface area contributed by atoms with E-state index in [9.17, 15) is 0 Å². The first-order valence-corrected chi connectivity index (χ1v) is 5.48. The van der Waals surface area contributed by atoms with E-state index < -0.39 is 0 Å². The van der Waals surface area contributed by atoms with Crippen LogP contribution in [0.1, 0.15) is 13.8 Å².